The van der Waals surface area contributed by atoms with Gasteiger partial charge in [0.25, 0.3) is 0 Å². The van der Waals surface area contributed by atoms with Crippen LogP contribution >= 0.6 is 27.5 Å². The highest BCUT2D eigenvalue weighted by Crippen LogP contribution is 2.24. The topological polar surface area (TPSA) is 29.5 Å². The Labute approximate surface area is 113 Å². The Balaban J connectivity index is 2.04. The molecular weight excluding hydrogens is 303 g/mol. The zero-order valence-corrected chi connectivity index (χ0v) is 11.2. The van der Waals surface area contributed by atoms with E-state index in [4.69, 9.17) is 16.3 Å². The Hall–Kier alpha value is -1.19. The van der Waals surface area contributed by atoms with E-state index >= 15 is 0 Å². The summed E-state index contributed by atoms with van der Waals surface area (Å²) in [5, 5.41) is 10.4. The lowest BCUT2D eigenvalue weighted by Crippen LogP contribution is -1.95. The molecule has 2 nitrogen and oxygen atoms in total. The van der Waals surface area contributed by atoms with Crippen LogP contribution in [0.25, 0.3) is 0 Å². The number of ether oxygens (including phenoxy) is 1. The lowest BCUT2D eigenvalue weighted by molar-refractivity contribution is 0.299. The first-order valence-electron chi connectivity index (χ1n) is 5.01. The predicted octanol–water partition coefficient (Wildman–Crippen LogP) is 4.39. The first-order valence-corrected chi connectivity index (χ1v) is 6.18. The van der Waals surface area contributed by atoms with Gasteiger partial charge in [-0.3, -0.25) is 0 Å². The van der Waals surface area contributed by atoms with Crippen LogP contribution in [-0.2, 0) is 6.61 Å². The maximum atomic E-state index is 9.68. The van der Waals surface area contributed by atoms with Gasteiger partial charge in [0.05, 0.1) is 0 Å². The van der Waals surface area contributed by atoms with Crippen molar-refractivity contribution in [1.29, 1.82) is 0 Å². The highest BCUT2D eigenvalue weighted by atomic mass is 79.9. The molecule has 0 aliphatic heterocycles. The number of aromatic hydroxyl groups is 1. The molecule has 4 heteroatoms. The molecule has 0 heterocycles. The molecule has 0 unspecified atom stereocenters. The van der Waals surface area contributed by atoms with E-state index in [2.05, 4.69) is 15.9 Å². The number of halogens is 2. The van der Waals surface area contributed by atoms with Crippen LogP contribution < -0.4 is 4.74 Å². The van der Waals surface area contributed by atoms with E-state index in [0.717, 1.165) is 15.8 Å². The molecule has 1 N–H and O–H groups in total. The van der Waals surface area contributed by atoms with Crippen molar-refractivity contribution in [3.63, 3.8) is 0 Å². The maximum Gasteiger partial charge on any atom is 0.123 e. The molecule has 2 rings (SSSR count). The van der Waals surface area contributed by atoms with Gasteiger partial charge in [0, 0.05) is 15.1 Å². The monoisotopic (exact) mass is 312 g/mol. The van der Waals surface area contributed by atoms with Crippen molar-refractivity contribution in [2.24, 2.45) is 0 Å². The molecule has 0 radical (unpaired) electrons. The van der Waals surface area contributed by atoms with Crippen LogP contribution in [-0.4, -0.2) is 5.11 Å². The van der Waals surface area contributed by atoms with Crippen LogP contribution in [0.1, 0.15) is 5.56 Å². The summed E-state index contributed by atoms with van der Waals surface area (Å²) in [6, 6.07) is 12.4. The van der Waals surface area contributed by atoms with E-state index < -0.39 is 0 Å². The summed E-state index contributed by atoms with van der Waals surface area (Å²) in [6.07, 6.45) is 0. The SMILES string of the molecule is Oc1cc(Br)ccc1COc1ccc(Cl)cc1. The second-order valence-corrected chi connectivity index (χ2v) is 4.87. The molecule has 0 amide bonds. The molecule has 0 saturated heterocycles. The Kier molecular flexibility index (Phi) is 3.92. The molecular formula is C13H10BrClO2. The van der Waals surface area contributed by atoms with Gasteiger partial charge in [-0.05, 0) is 36.4 Å². The van der Waals surface area contributed by atoms with Gasteiger partial charge in [-0.1, -0.05) is 33.6 Å². The van der Waals surface area contributed by atoms with Crippen molar-refractivity contribution in [3.05, 3.63) is 57.5 Å². The zero-order valence-electron chi connectivity index (χ0n) is 8.86. The highest BCUT2D eigenvalue weighted by molar-refractivity contribution is 9.10. The van der Waals surface area contributed by atoms with Gasteiger partial charge < -0.3 is 9.84 Å². The molecule has 0 aromatic heterocycles. The largest absolute Gasteiger partial charge is 0.507 e. The van der Waals surface area contributed by atoms with Crippen molar-refractivity contribution >= 4 is 27.5 Å². The summed E-state index contributed by atoms with van der Waals surface area (Å²) in [5.74, 6) is 0.935. The number of phenolic OH excluding ortho intramolecular Hbond substituents is 1. The van der Waals surface area contributed by atoms with Crippen molar-refractivity contribution in [1.82, 2.24) is 0 Å². The molecule has 0 fully saturated rings. The summed E-state index contributed by atoms with van der Waals surface area (Å²) in [4.78, 5) is 0. The number of rotatable bonds is 3. The molecule has 0 spiro atoms. The molecule has 2 aromatic carbocycles. The summed E-state index contributed by atoms with van der Waals surface area (Å²) >= 11 is 9.06. The number of benzene rings is 2. The van der Waals surface area contributed by atoms with Gasteiger partial charge in [0.1, 0.15) is 18.1 Å². The van der Waals surface area contributed by atoms with Crippen LogP contribution in [0.2, 0.25) is 5.02 Å². The Morgan fingerprint density at radius 2 is 1.82 bits per heavy atom. The first kappa shape index (κ1) is 12.3. The van der Waals surface area contributed by atoms with Gasteiger partial charge in [-0.15, -0.1) is 0 Å². The first-order chi connectivity index (χ1) is 8.15. The van der Waals surface area contributed by atoms with E-state index in [1.54, 1.807) is 30.3 Å². The number of hydrogen-bond acceptors (Lipinski definition) is 2. The molecule has 0 atom stereocenters. The van der Waals surface area contributed by atoms with Crippen molar-refractivity contribution in [3.8, 4) is 11.5 Å². The van der Waals surface area contributed by atoms with Crippen molar-refractivity contribution in [2.45, 2.75) is 6.61 Å². The fourth-order valence-corrected chi connectivity index (χ4v) is 1.83. The molecule has 88 valence electrons. The Morgan fingerprint density at radius 3 is 2.47 bits per heavy atom. The van der Waals surface area contributed by atoms with Crippen LogP contribution in [0.3, 0.4) is 0 Å². The number of phenols is 1. The van der Waals surface area contributed by atoms with E-state index in [1.807, 2.05) is 12.1 Å². The minimum Gasteiger partial charge on any atom is -0.507 e. The van der Waals surface area contributed by atoms with E-state index in [0.29, 0.717) is 11.6 Å². The van der Waals surface area contributed by atoms with Crippen LogP contribution in [0.4, 0.5) is 0 Å². The van der Waals surface area contributed by atoms with Gasteiger partial charge >= 0.3 is 0 Å². The third-order valence-corrected chi connectivity index (χ3v) is 3.00. The molecule has 0 aliphatic carbocycles. The van der Waals surface area contributed by atoms with Gasteiger partial charge in [-0.25, -0.2) is 0 Å². The summed E-state index contributed by atoms with van der Waals surface area (Å²) in [5.41, 5.74) is 0.739. The molecule has 0 aliphatic rings. The number of hydrogen-bond donors (Lipinski definition) is 1. The average Bonchev–Trinajstić information content (AvgIpc) is 2.30. The molecule has 0 bridgehead atoms. The maximum absolute atomic E-state index is 9.68. The normalized spacial score (nSPS) is 10.2. The predicted molar refractivity (Wildman–Crippen MR) is 71.6 cm³/mol. The van der Waals surface area contributed by atoms with Crippen molar-refractivity contribution < 1.29 is 9.84 Å². The Bertz CT molecular complexity index is 511. The van der Waals surface area contributed by atoms with Crippen LogP contribution in [0, 0.1) is 0 Å². The second kappa shape index (κ2) is 5.43. The zero-order chi connectivity index (χ0) is 12.3. The summed E-state index contributed by atoms with van der Waals surface area (Å²) in [7, 11) is 0. The lowest BCUT2D eigenvalue weighted by atomic mass is 10.2. The quantitative estimate of drug-likeness (QED) is 0.911. The van der Waals surface area contributed by atoms with Crippen LogP contribution in [0.5, 0.6) is 11.5 Å². The van der Waals surface area contributed by atoms with Gasteiger partial charge in [0.2, 0.25) is 0 Å². The third kappa shape index (κ3) is 3.38. The van der Waals surface area contributed by atoms with E-state index in [-0.39, 0.29) is 5.75 Å². The smallest absolute Gasteiger partial charge is 0.123 e. The highest BCUT2D eigenvalue weighted by Gasteiger charge is 2.02. The molecule has 17 heavy (non-hydrogen) atoms. The molecule has 0 saturated carbocycles. The van der Waals surface area contributed by atoms with E-state index in [9.17, 15) is 5.11 Å². The fourth-order valence-electron chi connectivity index (χ4n) is 1.35. The molecule has 2 aromatic rings. The fraction of sp³-hybridized carbons (Fsp3) is 0.0769. The second-order valence-electron chi connectivity index (χ2n) is 3.52. The average molecular weight is 314 g/mol. The van der Waals surface area contributed by atoms with Crippen molar-refractivity contribution in [2.75, 3.05) is 0 Å². The van der Waals surface area contributed by atoms with E-state index in [1.165, 1.54) is 0 Å². The summed E-state index contributed by atoms with van der Waals surface area (Å²) < 4.78 is 6.37. The minimum atomic E-state index is 0.216. The van der Waals surface area contributed by atoms with Gasteiger partial charge in [-0.2, -0.15) is 0 Å². The minimum absolute atomic E-state index is 0.216. The lowest BCUT2D eigenvalue weighted by Gasteiger charge is -2.08. The van der Waals surface area contributed by atoms with Crippen LogP contribution in [0.15, 0.2) is 46.9 Å². The standard InChI is InChI=1S/C13H10BrClO2/c14-10-2-1-9(13(16)7-10)8-17-12-5-3-11(15)4-6-12/h1-7,16H,8H2. The van der Waals surface area contributed by atoms with Gasteiger partial charge in [0.15, 0.2) is 0 Å². The summed E-state index contributed by atoms with van der Waals surface area (Å²) in [6.45, 7) is 0.320. The third-order valence-electron chi connectivity index (χ3n) is 2.26. The Morgan fingerprint density at radius 1 is 1.12 bits per heavy atom.